The molecule has 2 heterocycles. The number of anilines is 1. The van der Waals surface area contributed by atoms with Crippen LogP contribution < -0.4 is 5.32 Å². The van der Waals surface area contributed by atoms with Gasteiger partial charge in [-0.1, -0.05) is 13.0 Å². The molecular formula is C13H18N4. The van der Waals surface area contributed by atoms with Crippen molar-refractivity contribution in [1.82, 2.24) is 14.5 Å². The standard InChI is InChI=1S/C13H18N4/c1-3-7-15-13-6-4-5-12(16-13)10-17-9-8-14-11(17)2/h4-6,8-9H,3,7,10H2,1-2H3,(H,15,16). The first-order chi connectivity index (χ1) is 8.29. The van der Waals surface area contributed by atoms with Crippen LogP contribution in [0, 0.1) is 6.92 Å². The average molecular weight is 230 g/mol. The molecule has 0 saturated carbocycles. The van der Waals surface area contributed by atoms with Crippen molar-refractivity contribution in [3.8, 4) is 0 Å². The van der Waals surface area contributed by atoms with Crippen molar-refractivity contribution in [2.24, 2.45) is 0 Å². The van der Waals surface area contributed by atoms with Gasteiger partial charge >= 0.3 is 0 Å². The van der Waals surface area contributed by atoms with Gasteiger partial charge in [0.05, 0.1) is 12.2 Å². The Morgan fingerprint density at radius 3 is 2.94 bits per heavy atom. The van der Waals surface area contributed by atoms with Crippen LogP contribution in [0.1, 0.15) is 24.9 Å². The van der Waals surface area contributed by atoms with Crippen LogP contribution in [0.15, 0.2) is 30.6 Å². The second-order valence-corrected chi connectivity index (χ2v) is 4.04. The number of rotatable bonds is 5. The molecule has 0 aliphatic heterocycles. The third-order valence-corrected chi connectivity index (χ3v) is 2.62. The summed E-state index contributed by atoms with van der Waals surface area (Å²) in [5, 5.41) is 3.29. The van der Waals surface area contributed by atoms with Crippen molar-refractivity contribution in [1.29, 1.82) is 0 Å². The highest BCUT2D eigenvalue weighted by atomic mass is 15.1. The minimum atomic E-state index is 0.771. The summed E-state index contributed by atoms with van der Waals surface area (Å²) >= 11 is 0. The Morgan fingerprint density at radius 1 is 1.35 bits per heavy atom. The highest BCUT2D eigenvalue weighted by Gasteiger charge is 2.01. The maximum absolute atomic E-state index is 4.57. The molecule has 4 heteroatoms. The lowest BCUT2D eigenvalue weighted by Gasteiger charge is -2.07. The molecule has 0 saturated heterocycles. The second kappa shape index (κ2) is 5.48. The molecule has 0 aliphatic rings. The van der Waals surface area contributed by atoms with Crippen molar-refractivity contribution in [3.63, 3.8) is 0 Å². The number of nitrogens with one attached hydrogen (secondary N) is 1. The van der Waals surface area contributed by atoms with Gasteiger partial charge in [0.25, 0.3) is 0 Å². The van der Waals surface area contributed by atoms with E-state index in [0.717, 1.165) is 36.8 Å². The van der Waals surface area contributed by atoms with E-state index in [0.29, 0.717) is 0 Å². The molecule has 2 aromatic heterocycles. The Bertz CT molecular complexity index is 476. The molecule has 90 valence electrons. The van der Waals surface area contributed by atoms with Crippen LogP contribution in [0.3, 0.4) is 0 Å². The van der Waals surface area contributed by atoms with Crippen molar-refractivity contribution < 1.29 is 0 Å². The lowest BCUT2D eigenvalue weighted by Crippen LogP contribution is -2.06. The smallest absolute Gasteiger partial charge is 0.126 e. The van der Waals surface area contributed by atoms with Crippen molar-refractivity contribution in [3.05, 3.63) is 42.1 Å². The van der Waals surface area contributed by atoms with Crippen LogP contribution in [0.25, 0.3) is 0 Å². The van der Waals surface area contributed by atoms with Crippen LogP contribution in [-0.2, 0) is 6.54 Å². The van der Waals surface area contributed by atoms with Gasteiger partial charge < -0.3 is 9.88 Å². The summed E-state index contributed by atoms with van der Waals surface area (Å²) in [6.45, 7) is 5.87. The largest absolute Gasteiger partial charge is 0.370 e. The predicted molar refractivity (Wildman–Crippen MR) is 69.1 cm³/mol. The van der Waals surface area contributed by atoms with Gasteiger partial charge in [0.1, 0.15) is 11.6 Å². The molecule has 2 rings (SSSR count). The zero-order valence-electron chi connectivity index (χ0n) is 10.3. The third kappa shape index (κ3) is 3.06. The fourth-order valence-electron chi connectivity index (χ4n) is 1.66. The van der Waals surface area contributed by atoms with Crippen molar-refractivity contribution in [2.75, 3.05) is 11.9 Å². The maximum Gasteiger partial charge on any atom is 0.126 e. The topological polar surface area (TPSA) is 42.7 Å². The average Bonchev–Trinajstić information content (AvgIpc) is 2.73. The van der Waals surface area contributed by atoms with Gasteiger partial charge in [0.15, 0.2) is 0 Å². The van der Waals surface area contributed by atoms with Crippen LogP contribution in [0.4, 0.5) is 5.82 Å². The maximum atomic E-state index is 4.57. The summed E-state index contributed by atoms with van der Waals surface area (Å²) in [4.78, 5) is 8.77. The van der Waals surface area contributed by atoms with E-state index in [1.807, 2.05) is 37.5 Å². The zero-order chi connectivity index (χ0) is 12.1. The number of nitrogens with zero attached hydrogens (tertiary/aromatic N) is 3. The Morgan fingerprint density at radius 2 is 2.24 bits per heavy atom. The van der Waals surface area contributed by atoms with Crippen LogP contribution >= 0.6 is 0 Å². The molecule has 1 N–H and O–H groups in total. The molecule has 0 atom stereocenters. The first kappa shape index (κ1) is 11.6. The fourth-order valence-corrected chi connectivity index (χ4v) is 1.66. The molecule has 0 spiro atoms. The Labute approximate surface area is 102 Å². The molecule has 0 aromatic carbocycles. The SMILES string of the molecule is CCCNc1cccc(Cn2ccnc2C)n1. The van der Waals surface area contributed by atoms with E-state index in [1.165, 1.54) is 0 Å². The number of hydrogen-bond acceptors (Lipinski definition) is 3. The lowest BCUT2D eigenvalue weighted by atomic mass is 10.3. The summed E-state index contributed by atoms with van der Waals surface area (Å²) in [6.07, 6.45) is 4.89. The van der Waals surface area contributed by atoms with E-state index >= 15 is 0 Å². The van der Waals surface area contributed by atoms with Gasteiger partial charge in [-0.05, 0) is 25.5 Å². The minimum Gasteiger partial charge on any atom is -0.370 e. The van der Waals surface area contributed by atoms with Crippen molar-refractivity contribution in [2.45, 2.75) is 26.8 Å². The summed E-state index contributed by atoms with van der Waals surface area (Å²) in [5.74, 6) is 1.96. The lowest BCUT2D eigenvalue weighted by molar-refractivity contribution is 0.742. The summed E-state index contributed by atoms with van der Waals surface area (Å²) in [5.41, 5.74) is 1.05. The summed E-state index contributed by atoms with van der Waals surface area (Å²) in [7, 11) is 0. The van der Waals surface area contributed by atoms with E-state index in [2.05, 4.69) is 26.8 Å². The fraction of sp³-hybridized carbons (Fsp3) is 0.385. The molecule has 0 fully saturated rings. The van der Waals surface area contributed by atoms with Gasteiger partial charge in [0, 0.05) is 18.9 Å². The first-order valence-electron chi connectivity index (χ1n) is 5.97. The number of imidazole rings is 1. The van der Waals surface area contributed by atoms with Crippen molar-refractivity contribution >= 4 is 5.82 Å². The van der Waals surface area contributed by atoms with Crippen LogP contribution in [-0.4, -0.2) is 21.1 Å². The van der Waals surface area contributed by atoms with Gasteiger partial charge in [0.2, 0.25) is 0 Å². The molecule has 0 radical (unpaired) electrons. The van der Waals surface area contributed by atoms with Gasteiger partial charge in [-0.15, -0.1) is 0 Å². The van der Waals surface area contributed by atoms with E-state index in [1.54, 1.807) is 0 Å². The van der Waals surface area contributed by atoms with Gasteiger partial charge in [-0.3, -0.25) is 0 Å². The normalized spacial score (nSPS) is 10.5. The molecule has 0 amide bonds. The molecular weight excluding hydrogens is 212 g/mol. The molecule has 4 nitrogen and oxygen atoms in total. The summed E-state index contributed by atoms with van der Waals surface area (Å²) in [6, 6.07) is 6.07. The number of aromatic nitrogens is 3. The molecule has 0 bridgehead atoms. The Balaban J connectivity index is 2.08. The summed E-state index contributed by atoms with van der Waals surface area (Å²) < 4.78 is 2.09. The van der Waals surface area contributed by atoms with E-state index in [4.69, 9.17) is 0 Å². The molecule has 0 unspecified atom stereocenters. The highest BCUT2D eigenvalue weighted by molar-refractivity contribution is 5.35. The van der Waals surface area contributed by atoms with Gasteiger partial charge in [-0.2, -0.15) is 0 Å². The first-order valence-corrected chi connectivity index (χ1v) is 5.97. The Hall–Kier alpha value is -1.84. The molecule has 2 aromatic rings. The zero-order valence-corrected chi connectivity index (χ0v) is 10.3. The molecule has 0 aliphatic carbocycles. The number of aryl methyl sites for hydroxylation is 1. The van der Waals surface area contributed by atoms with Gasteiger partial charge in [-0.25, -0.2) is 9.97 Å². The Kier molecular flexibility index (Phi) is 3.75. The van der Waals surface area contributed by atoms with E-state index in [-0.39, 0.29) is 0 Å². The number of hydrogen-bond donors (Lipinski definition) is 1. The highest BCUT2D eigenvalue weighted by Crippen LogP contribution is 2.07. The molecule has 17 heavy (non-hydrogen) atoms. The third-order valence-electron chi connectivity index (χ3n) is 2.62. The second-order valence-electron chi connectivity index (χ2n) is 4.04. The van der Waals surface area contributed by atoms with Crippen LogP contribution in [0.5, 0.6) is 0 Å². The van der Waals surface area contributed by atoms with E-state index < -0.39 is 0 Å². The monoisotopic (exact) mass is 230 g/mol. The predicted octanol–water partition coefficient (Wildman–Crippen LogP) is 2.46. The van der Waals surface area contributed by atoms with E-state index in [9.17, 15) is 0 Å². The van der Waals surface area contributed by atoms with Crippen LogP contribution in [0.2, 0.25) is 0 Å². The number of pyridine rings is 1. The quantitative estimate of drug-likeness (QED) is 0.858. The minimum absolute atomic E-state index is 0.771.